The van der Waals surface area contributed by atoms with Gasteiger partial charge in [0.1, 0.15) is 5.82 Å². The molecule has 0 spiro atoms. The Morgan fingerprint density at radius 2 is 1.48 bits per heavy atom. The average molecular weight is 421 g/mol. The van der Waals surface area contributed by atoms with Crippen LogP contribution in [0.3, 0.4) is 0 Å². The van der Waals surface area contributed by atoms with Gasteiger partial charge in [0.05, 0.1) is 5.69 Å². The minimum atomic E-state index is 0.363. The van der Waals surface area contributed by atoms with Crippen LogP contribution < -0.4 is 9.80 Å². The van der Waals surface area contributed by atoms with Gasteiger partial charge >= 0.3 is 0 Å². The smallest absolute Gasteiger partial charge is 0.227 e. The number of aromatic amines is 2. The van der Waals surface area contributed by atoms with E-state index in [2.05, 4.69) is 62.2 Å². The van der Waals surface area contributed by atoms with Crippen LogP contribution in [0.25, 0.3) is 0 Å². The lowest BCUT2D eigenvalue weighted by Crippen LogP contribution is -2.38. The highest BCUT2D eigenvalue weighted by Crippen LogP contribution is 2.32. The van der Waals surface area contributed by atoms with Crippen molar-refractivity contribution < 1.29 is 0 Å². The number of anilines is 2. The Hall–Kier alpha value is -2.90. The van der Waals surface area contributed by atoms with Gasteiger partial charge in [0.15, 0.2) is 0 Å². The highest BCUT2D eigenvalue weighted by molar-refractivity contribution is 5.48. The van der Waals surface area contributed by atoms with Crippen LogP contribution in [0.15, 0.2) is 30.6 Å². The minimum Gasteiger partial charge on any atom is -0.356 e. The van der Waals surface area contributed by atoms with E-state index in [-0.39, 0.29) is 0 Å². The molecule has 2 fully saturated rings. The standard InChI is InChI=1S/C23H32N8/c1-16(2)21-13-22(30-11-3-5-17(14-30)19-7-9-24-28-19)27-23(26-21)31-12-4-6-18(15-31)20-8-10-25-29-20/h7-10,13,16-18H,3-6,11-12,14-15H2,1-2H3,(H,24,28)(H,25,29). The molecule has 8 heteroatoms. The maximum absolute atomic E-state index is 5.08. The molecule has 2 N–H and O–H groups in total. The highest BCUT2D eigenvalue weighted by Gasteiger charge is 2.27. The van der Waals surface area contributed by atoms with E-state index >= 15 is 0 Å². The molecule has 2 atom stereocenters. The van der Waals surface area contributed by atoms with Gasteiger partial charge in [-0.25, -0.2) is 4.98 Å². The van der Waals surface area contributed by atoms with E-state index in [1.807, 2.05) is 12.4 Å². The normalized spacial score (nSPS) is 22.3. The Morgan fingerprint density at radius 1 is 0.871 bits per heavy atom. The fourth-order valence-corrected chi connectivity index (χ4v) is 4.88. The van der Waals surface area contributed by atoms with Crippen molar-refractivity contribution in [1.29, 1.82) is 0 Å². The monoisotopic (exact) mass is 420 g/mol. The van der Waals surface area contributed by atoms with Crippen molar-refractivity contribution in [2.45, 2.75) is 57.3 Å². The zero-order valence-corrected chi connectivity index (χ0v) is 18.5. The third-order valence-corrected chi connectivity index (χ3v) is 6.69. The summed E-state index contributed by atoms with van der Waals surface area (Å²) in [7, 11) is 0. The summed E-state index contributed by atoms with van der Waals surface area (Å²) in [4.78, 5) is 14.9. The molecule has 2 aliphatic rings. The summed E-state index contributed by atoms with van der Waals surface area (Å²) < 4.78 is 0. The third-order valence-electron chi connectivity index (χ3n) is 6.69. The third kappa shape index (κ3) is 4.29. The molecule has 8 nitrogen and oxygen atoms in total. The molecule has 5 rings (SSSR count). The molecule has 164 valence electrons. The van der Waals surface area contributed by atoms with Crippen molar-refractivity contribution >= 4 is 11.8 Å². The molecule has 3 aromatic rings. The summed E-state index contributed by atoms with van der Waals surface area (Å²) >= 11 is 0. The first-order valence-electron chi connectivity index (χ1n) is 11.5. The largest absolute Gasteiger partial charge is 0.356 e. The summed E-state index contributed by atoms with van der Waals surface area (Å²) in [5, 5.41) is 14.6. The number of piperidine rings is 2. The van der Waals surface area contributed by atoms with E-state index in [0.29, 0.717) is 17.8 Å². The summed E-state index contributed by atoms with van der Waals surface area (Å²) in [5.74, 6) is 3.21. The molecule has 0 aromatic carbocycles. The minimum absolute atomic E-state index is 0.363. The van der Waals surface area contributed by atoms with Crippen LogP contribution in [0.5, 0.6) is 0 Å². The van der Waals surface area contributed by atoms with Gasteiger partial charge in [0, 0.05) is 67.9 Å². The van der Waals surface area contributed by atoms with E-state index in [9.17, 15) is 0 Å². The van der Waals surface area contributed by atoms with Crippen molar-refractivity contribution in [3.05, 3.63) is 47.7 Å². The average Bonchev–Trinajstić information content (AvgIpc) is 3.53. The Morgan fingerprint density at radius 3 is 2.06 bits per heavy atom. The Labute approximate surface area is 183 Å². The van der Waals surface area contributed by atoms with E-state index in [1.165, 1.54) is 24.2 Å². The number of rotatable bonds is 5. The molecular formula is C23H32N8. The number of hydrogen-bond donors (Lipinski definition) is 2. The fraction of sp³-hybridized carbons (Fsp3) is 0.565. The molecule has 31 heavy (non-hydrogen) atoms. The van der Waals surface area contributed by atoms with Gasteiger partial charge < -0.3 is 9.80 Å². The topological polar surface area (TPSA) is 89.6 Å². The Balaban J connectivity index is 1.41. The van der Waals surface area contributed by atoms with Crippen LogP contribution in [0.4, 0.5) is 11.8 Å². The predicted molar refractivity (Wildman–Crippen MR) is 122 cm³/mol. The summed E-state index contributed by atoms with van der Waals surface area (Å²) in [6, 6.07) is 6.39. The summed E-state index contributed by atoms with van der Waals surface area (Å²) in [6.07, 6.45) is 8.35. The molecule has 0 amide bonds. The zero-order chi connectivity index (χ0) is 21.2. The van der Waals surface area contributed by atoms with Crippen molar-refractivity contribution in [3.8, 4) is 0 Å². The van der Waals surface area contributed by atoms with Crippen LogP contribution in [0.2, 0.25) is 0 Å². The Kier molecular flexibility index (Phi) is 5.61. The van der Waals surface area contributed by atoms with Gasteiger partial charge in [-0.2, -0.15) is 15.2 Å². The van der Waals surface area contributed by atoms with Crippen molar-refractivity contribution in [2.24, 2.45) is 0 Å². The lowest BCUT2D eigenvalue weighted by molar-refractivity contribution is 0.488. The highest BCUT2D eigenvalue weighted by atomic mass is 15.3. The fourth-order valence-electron chi connectivity index (χ4n) is 4.88. The first kappa shape index (κ1) is 20.0. The number of nitrogens with zero attached hydrogens (tertiary/aromatic N) is 6. The SMILES string of the molecule is CC(C)c1cc(N2CCCC(c3ccn[nH]3)C2)nc(N2CCCC(c3ccn[nH]3)C2)n1. The molecule has 0 radical (unpaired) electrons. The molecule has 5 heterocycles. The first-order valence-corrected chi connectivity index (χ1v) is 11.5. The maximum atomic E-state index is 5.08. The molecule has 3 aromatic heterocycles. The first-order chi connectivity index (χ1) is 15.2. The zero-order valence-electron chi connectivity index (χ0n) is 18.5. The summed E-state index contributed by atoms with van der Waals surface area (Å²) in [5.41, 5.74) is 3.55. The van der Waals surface area contributed by atoms with Crippen LogP contribution in [-0.4, -0.2) is 56.5 Å². The molecule has 0 bridgehead atoms. The van der Waals surface area contributed by atoms with Gasteiger partial charge in [0.2, 0.25) is 5.95 Å². The van der Waals surface area contributed by atoms with Gasteiger partial charge in [-0.05, 0) is 43.7 Å². The maximum Gasteiger partial charge on any atom is 0.227 e. The second kappa shape index (κ2) is 8.69. The lowest BCUT2D eigenvalue weighted by atomic mass is 9.94. The molecule has 0 saturated carbocycles. The van der Waals surface area contributed by atoms with Gasteiger partial charge in [-0.15, -0.1) is 0 Å². The lowest BCUT2D eigenvalue weighted by Gasteiger charge is -2.35. The molecule has 0 aliphatic carbocycles. The van der Waals surface area contributed by atoms with Crippen LogP contribution in [0, 0.1) is 0 Å². The van der Waals surface area contributed by atoms with Crippen molar-refractivity contribution in [2.75, 3.05) is 36.0 Å². The second-order valence-corrected chi connectivity index (χ2v) is 9.20. The van der Waals surface area contributed by atoms with Gasteiger partial charge in [-0.3, -0.25) is 10.2 Å². The van der Waals surface area contributed by atoms with E-state index < -0.39 is 0 Å². The summed E-state index contributed by atoms with van der Waals surface area (Å²) in [6.45, 7) is 8.36. The predicted octanol–water partition coefficient (Wildman–Crippen LogP) is 3.81. The van der Waals surface area contributed by atoms with Crippen LogP contribution in [-0.2, 0) is 0 Å². The quantitative estimate of drug-likeness (QED) is 0.652. The molecule has 2 saturated heterocycles. The van der Waals surface area contributed by atoms with Gasteiger partial charge in [-0.1, -0.05) is 13.8 Å². The van der Waals surface area contributed by atoms with E-state index in [4.69, 9.17) is 9.97 Å². The number of H-pyrrole nitrogens is 2. The molecular weight excluding hydrogens is 388 g/mol. The van der Waals surface area contributed by atoms with E-state index in [1.54, 1.807) is 0 Å². The molecule has 2 aliphatic heterocycles. The van der Waals surface area contributed by atoms with Crippen molar-refractivity contribution in [1.82, 2.24) is 30.4 Å². The Bertz CT molecular complexity index is 893. The van der Waals surface area contributed by atoms with Crippen molar-refractivity contribution in [3.63, 3.8) is 0 Å². The number of nitrogens with one attached hydrogen (secondary N) is 2. The van der Waals surface area contributed by atoms with Crippen LogP contribution in [0.1, 0.15) is 74.4 Å². The molecule has 2 unspecified atom stereocenters. The number of hydrogen-bond acceptors (Lipinski definition) is 6. The second-order valence-electron chi connectivity index (χ2n) is 9.20. The number of aromatic nitrogens is 6. The van der Waals surface area contributed by atoms with Gasteiger partial charge in [0.25, 0.3) is 0 Å². The van der Waals surface area contributed by atoms with E-state index in [0.717, 1.165) is 56.5 Å². The van der Waals surface area contributed by atoms with Crippen LogP contribution >= 0.6 is 0 Å².